The van der Waals surface area contributed by atoms with E-state index in [0.717, 1.165) is 11.3 Å². The van der Waals surface area contributed by atoms with Crippen LogP contribution < -0.4 is 5.73 Å². The van der Waals surface area contributed by atoms with Crippen LogP contribution in [0.1, 0.15) is 18.3 Å². The minimum absolute atomic E-state index is 0.0459. The summed E-state index contributed by atoms with van der Waals surface area (Å²) in [7, 11) is 0. The van der Waals surface area contributed by atoms with Crippen molar-refractivity contribution >= 4 is 0 Å². The van der Waals surface area contributed by atoms with Gasteiger partial charge in [-0.1, -0.05) is 23.8 Å². The number of hydrogen-bond donors (Lipinski definition) is 1. The molecule has 1 heterocycles. The molecule has 1 unspecified atom stereocenters. The second-order valence-electron chi connectivity index (χ2n) is 4.31. The molecule has 1 aromatic heterocycles. The Kier molecular flexibility index (Phi) is 3.44. The van der Waals surface area contributed by atoms with Crippen molar-refractivity contribution in [1.82, 2.24) is 15.2 Å². The first kappa shape index (κ1) is 11.7. The molecule has 88 valence electrons. The number of nitrogens with zero attached hydrogens (tertiary/aromatic N) is 3. The van der Waals surface area contributed by atoms with Crippen LogP contribution >= 0.6 is 0 Å². The van der Waals surface area contributed by atoms with Crippen LogP contribution in [0.5, 0.6) is 0 Å². The van der Waals surface area contributed by atoms with E-state index in [9.17, 15) is 0 Å². The van der Waals surface area contributed by atoms with Crippen LogP contribution in [0.15, 0.2) is 30.5 Å². The third kappa shape index (κ3) is 3.07. The number of benzene rings is 1. The summed E-state index contributed by atoms with van der Waals surface area (Å²) in [5.41, 5.74) is 8.84. The summed E-state index contributed by atoms with van der Waals surface area (Å²) < 4.78 is 0. The van der Waals surface area contributed by atoms with Crippen LogP contribution in [0.25, 0.3) is 11.3 Å². The number of aromatic nitrogens is 3. The summed E-state index contributed by atoms with van der Waals surface area (Å²) in [5.74, 6) is 0.694. The lowest BCUT2D eigenvalue weighted by atomic mass is 10.1. The Morgan fingerprint density at radius 1 is 1.35 bits per heavy atom. The molecule has 2 N–H and O–H groups in total. The highest BCUT2D eigenvalue weighted by Gasteiger charge is 2.05. The molecule has 0 bridgehead atoms. The highest BCUT2D eigenvalue weighted by Crippen LogP contribution is 2.16. The van der Waals surface area contributed by atoms with E-state index in [-0.39, 0.29) is 6.04 Å². The fourth-order valence-electron chi connectivity index (χ4n) is 1.66. The molecule has 0 aliphatic rings. The molecule has 0 radical (unpaired) electrons. The number of aryl methyl sites for hydroxylation is 1. The van der Waals surface area contributed by atoms with E-state index < -0.39 is 0 Å². The summed E-state index contributed by atoms with van der Waals surface area (Å²) in [6, 6.07) is 8.22. The van der Waals surface area contributed by atoms with Gasteiger partial charge >= 0.3 is 0 Å². The lowest BCUT2D eigenvalue weighted by Crippen LogP contribution is -2.19. The van der Waals surface area contributed by atoms with Gasteiger partial charge in [-0.2, -0.15) is 5.10 Å². The van der Waals surface area contributed by atoms with Gasteiger partial charge in [-0.05, 0) is 19.9 Å². The van der Waals surface area contributed by atoms with E-state index in [1.807, 2.05) is 19.1 Å². The van der Waals surface area contributed by atoms with Gasteiger partial charge in [0.15, 0.2) is 5.82 Å². The number of hydrogen-bond acceptors (Lipinski definition) is 4. The van der Waals surface area contributed by atoms with Gasteiger partial charge in [-0.25, -0.2) is 4.98 Å². The molecular weight excluding hydrogens is 212 g/mol. The minimum Gasteiger partial charge on any atom is -0.328 e. The molecular formula is C13H16N4. The van der Waals surface area contributed by atoms with E-state index in [1.165, 1.54) is 5.56 Å². The molecule has 17 heavy (non-hydrogen) atoms. The molecule has 0 aliphatic carbocycles. The predicted molar refractivity (Wildman–Crippen MR) is 67.4 cm³/mol. The lowest BCUT2D eigenvalue weighted by Gasteiger charge is -2.05. The standard InChI is InChI=1S/C13H16N4/c1-9-4-3-5-11(6-9)12-8-15-17-13(16-12)7-10(2)14/h3-6,8,10H,7,14H2,1-2H3. The SMILES string of the molecule is Cc1cccc(-c2cnnc(CC(C)N)n2)c1. The first-order valence-electron chi connectivity index (χ1n) is 5.66. The van der Waals surface area contributed by atoms with E-state index in [2.05, 4.69) is 34.2 Å². The average molecular weight is 228 g/mol. The predicted octanol–water partition coefficient (Wildman–Crippen LogP) is 1.74. The number of nitrogens with two attached hydrogens (primary N) is 1. The first-order valence-corrected chi connectivity index (χ1v) is 5.66. The quantitative estimate of drug-likeness (QED) is 0.869. The Balaban J connectivity index is 2.33. The van der Waals surface area contributed by atoms with Crippen LogP contribution in [0.4, 0.5) is 0 Å². The van der Waals surface area contributed by atoms with Gasteiger partial charge < -0.3 is 5.73 Å². The summed E-state index contributed by atoms with van der Waals surface area (Å²) >= 11 is 0. The molecule has 1 aromatic carbocycles. The molecule has 0 aliphatic heterocycles. The molecule has 0 saturated heterocycles. The molecule has 2 aromatic rings. The summed E-state index contributed by atoms with van der Waals surface area (Å²) in [6.45, 7) is 3.99. The zero-order valence-corrected chi connectivity index (χ0v) is 10.1. The summed E-state index contributed by atoms with van der Waals surface area (Å²) in [6.07, 6.45) is 2.33. The number of rotatable bonds is 3. The van der Waals surface area contributed by atoms with Crippen LogP contribution in [0.2, 0.25) is 0 Å². The Hall–Kier alpha value is -1.81. The van der Waals surface area contributed by atoms with E-state index in [1.54, 1.807) is 6.20 Å². The van der Waals surface area contributed by atoms with Crippen molar-refractivity contribution < 1.29 is 0 Å². The van der Waals surface area contributed by atoms with Crippen molar-refractivity contribution in [3.8, 4) is 11.3 Å². The lowest BCUT2D eigenvalue weighted by molar-refractivity contribution is 0.686. The van der Waals surface area contributed by atoms with Gasteiger partial charge in [0, 0.05) is 18.0 Å². The van der Waals surface area contributed by atoms with Crippen molar-refractivity contribution in [1.29, 1.82) is 0 Å². The maximum Gasteiger partial charge on any atom is 0.153 e. The van der Waals surface area contributed by atoms with E-state index in [4.69, 9.17) is 5.73 Å². The molecule has 1 atom stereocenters. The monoisotopic (exact) mass is 228 g/mol. The summed E-state index contributed by atoms with van der Waals surface area (Å²) in [5, 5.41) is 7.96. The van der Waals surface area contributed by atoms with Gasteiger partial charge in [0.05, 0.1) is 11.9 Å². The van der Waals surface area contributed by atoms with Gasteiger partial charge in [-0.15, -0.1) is 5.10 Å². The Bertz CT molecular complexity index is 508. The second kappa shape index (κ2) is 5.01. The van der Waals surface area contributed by atoms with Crippen molar-refractivity contribution in [2.24, 2.45) is 5.73 Å². The third-order valence-corrected chi connectivity index (χ3v) is 2.42. The fraction of sp³-hybridized carbons (Fsp3) is 0.308. The Labute approximate surface area is 101 Å². The van der Waals surface area contributed by atoms with Gasteiger partial charge in [-0.3, -0.25) is 0 Å². The zero-order chi connectivity index (χ0) is 12.3. The van der Waals surface area contributed by atoms with Crippen molar-refractivity contribution in [2.75, 3.05) is 0 Å². The van der Waals surface area contributed by atoms with Crippen molar-refractivity contribution in [2.45, 2.75) is 26.3 Å². The molecule has 2 rings (SSSR count). The molecule has 0 fully saturated rings. The Morgan fingerprint density at radius 2 is 2.18 bits per heavy atom. The van der Waals surface area contributed by atoms with Crippen LogP contribution in [0, 0.1) is 6.92 Å². The average Bonchev–Trinajstić information content (AvgIpc) is 2.28. The minimum atomic E-state index is 0.0459. The van der Waals surface area contributed by atoms with E-state index in [0.29, 0.717) is 12.2 Å². The Morgan fingerprint density at radius 3 is 2.88 bits per heavy atom. The van der Waals surface area contributed by atoms with Gasteiger partial charge in [0.1, 0.15) is 0 Å². The van der Waals surface area contributed by atoms with Gasteiger partial charge in [0.25, 0.3) is 0 Å². The zero-order valence-electron chi connectivity index (χ0n) is 10.1. The van der Waals surface area contributed by atoms with Crippen molar-refractivity contribution in [3.63, 3.8) is 0 Å². The maximum absolute atomic E-state index is 5.73. The fourth-order valence-corrected chi connectivity index (χ4v) is 1.66. The van der Waals surface area contributed by atoms with E-state index >= 15 is 0 Å². The molecule has 0 spiro atoms. The van der Waals surface area contributed by atoms with Crippen LogP contribution in [-0.4, -0.2) is 21.2 Å². The summed E-state index contributed by atoms with van der Waals surface area (Å²) in [4.78, 5) is 4.47. The molecule has 4 nitrogen and oxygen atoms in total. The highest BCUT2D eigenvalue weighted by molar-refractivity contribution is 5.58. The van der Waals surface area contributed by atoms with Crippen LogP contribution in [-0.2, 0) is 6.42 Å². The molecule has 4 heteroatoms. The molecule has 0 saturated carbocycles. The maximum atomic E-state index is 5.73. The topological polar surface area (TPSA) is 64.7 Å². The largest absolute Gasteiger partial charge is 0.328 e. The highest BCUT2D eigenvalue weighted by atomic mass is 15.1. The van der Waals surface area contributed by atoms with Crippen LogP contribution in [0.3, 0.4) is 0 Å². The third-order valence-electron chi connectivity index (χ3n) is 2.42. The smallest absolute Gasteiger partial charge is 0.153 e. The second-order valence-corrected chi connectivity index (χ2v) is 4.31. The normalized spacial score (nSPS) is 12.4. The first-order chi connectivity index (χ1) is 8.15. The van der Waals surface area contributed by atoms with Crippen molar-refractivity contribution in [3.05, 3.63) is 41.9 Å². The van der Waals surface area contributed by atoms with Gasteiger partial charge in [0.2, 0.25) is 0 Å². The molecule has 0 amide bonds.